The second-order valence-electron chi connectivity index (χ2n) is 5.07. The van der Waals surface area contributed by atoms with Gasteiger partial charge in [0.1, 0.15) is 5.82 Å². The number of benzene rings is 1. The molecule has 1 heterocycles. The third-order valence-electron chi connectivity index (χ3n) is 3.59. The highest BCUT2D eigenvalue weighted by atomic mass is 19.1. The molecule has 104 valence electrons. The number of nitrogens with one attached hydrogen (secondary N) is 3. The number of carbonyl (C=O) groups excluding carboxylic acids is 1. The van der Waals surface area contributed by atoms with Crippen LogP contribution >= 0.6 is 0 Å². The molecule has 0 spiro atoms. The first kappa shape index (κ1) is 13.8. The molecule has 2 amide bonds. The lowest BCUT2D eigenvalue weighted by molar-refractivity contribution is 0.237. The van der Waals surface area contributed by atoms with Gasteiger partial charge in [-0.05, 0) is 55.6 Å². The minimum Gasteiger partial charge on any atom is -0.338 e. The van der Waals surface area contributed by atoms with E-state index in [1.165, 1.54) is 12.1 Å². The van der Waals surface area contributed by atoms with Gasteiger partial charge in [0.05, 0.1) is 0 Å². The molecule has 1 fully saturated rings. The maximum atomic E-state index is 12.7. The molecule has 1 aromatic rings. The quantitative estimate of drug-likeness (QED) is 0.784. The van der Waals surface area contributed by atoms with E-state index >= 15 is 0 Å². The average molecular weight is 265 g/mol. The molecular formula is C14H20FN3O. The molecule has 1 aromatic carbocycles. The first-order chi connectivity index (χ1) is 9.15. The molecule has 0 radical (unpaired) electrons. The summed E-state index contributed by atoms with van der Waals surface area (Å²) in [4.78, 5) is 11.7. The van der Waals surface area contributed by atoms with Crippen LogP contribution in [0.3, 0.4) is 0 Å². The number of piperidine rings is 1. The van der Waals surface area contributed by atoms with Crippen molar-refractivity contribution in [1.82, 2.24) is 10.6 Å². The van der Waals surface area contributed by atoms with Gasteiger partial charge in [-0.3, -0.25) is 0 Å². The van der Waals surface area contributed by atoms with Gasteiger partial charge in [0.2, 0.25) is 0 Å². The van der Waals surface area contributed by atoms with E-state index in [4.69, 9.17) is 0 Å². The summed E-state index contributed by atoms with van der Waals surface area (Å²) in [5, 5.41) is 8.90. The molecule has 2 atom stereocenters. The third-order valence-corrected chi connectivity index (χ3v) is 3.59. The molecule has 0 aliphatic carbocycles. The van der Waals surface area contributed by atoms with E-state index < -0.39 is 0 Å². The fourth-order valence-corrected chi connectivity index (χ4v) is 2.30. The van der Waals surface area contributed by atoms with E-state index in [2.05, 4.69) is 22.9 Å². The third kappa shape index (κ3) is 4.21. The first-order valence-electron chi connectivity index (χ1n) is 6.66. The van der Waals surface area contributed by atoms with Crippen LogP contribution in [0.15, 0.2) is 24.3 Å². The van der Waals surface area contributed by atoms with Gasteiger partial charge in [-0.2, -0.15) is 0 Å². The summed E-state index contributed by atoms with van der Waals surface area (Å²) in [5.41, 5.74) is 0.595. The molecule has 0 bridgehead atoms. The summed E-state index contributed by atoms with van der Waals surface area (Å²) >= 11 is 0. The Morgan fingerprint density at radius 3 is 2.84 bits per heavy atom. The SMILES string of the molecule is CC1CNCCC1CNC(=O)Nc1ccc(F)cc1. The Labute approximate surface area is 112 Å². The Hall–Kier alpha value is -1.62. The summed E-state index contributed by atoms with van der Waals surface area (Å²) in [6, 6.07) is 5.50. The molecule has 2 unspecified atom stereocenters. The van der Waals surface area contributed by atoms with Gasteiger partial charge < -0.3 is 16.0 Å². The van der Waals surface area contributed by atoms with Crippen LogP contribution < -0.4 is 16.0 Å². The van der Waals surface area contributed by atoms with E-state index in [0.717, 1.165) is 19.5 Å². The fraction of sp³-hybridized carbons (Fsp3) is 0.500. The molecule has 1 aliphatic heterocycles. The maximum absolute atomic E-state index is 12.7. The summed E-state index contributed by atoms with van der Waals surface area (Å²) < 4.78 is 12.7. The highest BCUT2D eigenvalue weighted by Crippen LogP contribution is 2.17. The van der Waals surface area contributed by atoms with Crippen molar-refractivity contribution >= 4 is 11.7 Å². The number of amides is 2. The van der Waals surface area contributed by atoms with E-state index in [9.17, 15) is 9.18 Å². The van der Waals surface area contributed by atoms with Gasteiger partial charge in [0.15, 0.2) is 0 Å². The maximum Gasteiger partial charge on any atom is 0.319 e. The number of carbonyl (C=O) groups is 1. The van der Waals surface area contributed by atoms with E-state index in [1.807, 2.05) is 0 Å². The minimum absolute atomic E-state index is 0.239. The van der Waals surface area contributed by atoms with Crippen LogP contribution in [0.4, 0.5) is 14.9 Å². The van der Waals surface area contributed by atoms with Crippen molar-refractivity contribution in [3.05, 3.63) is 30.1 Å². The molecule has 1 saturated heterocycles. The molecule has 3 N–H and O–H groups in total. The Kier molecular flexibility index (Phi) is 4.74. The van der Waals surface area contributed by atoms with Crippen LogP contribution in [0.5, 0.6) is 0 Å². The number of rotatable bonds is 3. The van der Waals surface area contributed by atoms with Gasteiger partial charge in [-0.15, -0.1) is 0 Å². The lowest BCUT2D eigenvalue weighted by atomic mass is 9.88. The summed E-state index contributed by atoms with van der Waals surface area (Å²) in [6.45, 7) is 4.88. The average Bonchev–Trinajstić information content (AvgIpc) is 2.40. The van der Waals surface area contributed by atoms with Crippen LogP contribution in [0.2, 0.25) is 0 Å². The summed E-state index contributed by atoms with van der Waals surface area (Å²) in [7, 11) is 0. The van der Waals surface area contributed by atoms with E-state index in [-0.39, 0.29) is 11.8 Å². The molecule has 1 aliphatic rings. The zero-order valence-corrected chi connectivity index (χ0v) is 11.1. The predicted molar refractivity (Wildman–Crippen MR) is 73.6 cm³/mol. The summed E-state index contributed by atoms with van der Waals surface area (Å²) in [6.07, 6.45) is 1.08. The highest BCUT2D eigenvalue weighted by molar-refractivity contribution is 5.89. The Balaban J connectivity index is 1.76. The number of anilines is 1. The molecule has 0 aromatic heterocycles. The fourth-order valence-electron chi connectivity index (χ4n) is 2.30. The highest BCUT2D eigenvalue weighted by Gasteiger charge is 2.21. The predicted octanol–water partition coefficient (Wildman–Crippen LogP) is 2.19. The first-order valence-corrected chi connectivity index (χ1v) is 6.66. The van der Waals surface area contributed by atoms with Crippen LogP contribution in [0.25, 0.3) is 0 Å². The van der Waals surface area contributed by atoms with E-state index in [1.54, 1.807) is 12.1 Å². The standard InChI is InChI=1S/C14H20FN3O/c1-10-8-16-7-6-11(10)9-17-14(19)18-13-4-2-12(15)3-5-13/h2-5,10-11,16H,6-9H2,1H3,(H2,17,18,19). The Bertz CT molecular complexity index is 421. The molecule has 4 nitrogen and oxygen atoms in total. The smallest absolute Gasteiger partial charge is 0.319 e. The number of halogens is 1. The zero-order valence-electron chi connectivity index (χ0n) is 11.1. The van der Waals surface area contributed by atoms with Gasteiger partial charge in [0.25, 0.3) is 0 Å². The van der Waals surface area contributed by atoms with Crippen molar-refractivity contribution in [3.8, 4) is 0 Å². The zero-order chi connectivity index (χ0) is 13.7. The lowest BCUT2D eigenvalue weighted by Gasteiger charge is -2.29. The van der Waals surface area contributed by atoms with Crippen LogP contribution in [-0.2, 0) is 0 Å². The summed E-state index contributed by atoms with van der Waals surface area (Å²) in [5.74, 6) is 0.773. The van der Waals surface area contributed by atoms with Crippen molar-refractivity contribution in [1.29, 1.82) is 0 Å². The molecular weight excluding hydrogens is 245 g/mol. The van der Waals surface area contributed by atoms with Gasteiger partial charge >= 0.3 is 6.03 Å². The lowest BCUT2D eigenvalue weighted by Crippen LogP contribution is -2.42. The number of hydrogen-bond donors (Lipinski definition) is 3. The van der Waals surface area contributed by atoms with Crippen LogP contribution in [-0.4, -0.2) is 25.7 Å². The number of urea groups is 1. The minimum atomic E-state index is -0.311. The van der Waals surface area contributed by atoms with Crippen molar-refractivity contribution in [2.45, 2.75) is 13.3 Å². The second-order valence-corrected chi connectivity index (χ2v) is 5.07. The van der Waals surface area contributed by atoms with E-state index in [0.29, 0.717) is 24.1 Å². The topological polar surface area (TPSA) is 53.2 Å². The van der Waals surface area contributed by atoms with Gasteiger partial charge in [0, 0.05) is 12.2 Å². The van der Waals surface area contributed by atoms with Gasteiger partial charge in [-0.25, -0.2) is 9.18 Å². The van der Waals surface area contributed by atoms with Crippen molar-refractivity contribution in [2.24, 2.45) is 11.8 Å². The normalized spacial score (nSPS) is 22.8. The molecule has 5 heteroatoms. The Morgan fingerprint density at radius 1 is 1.42 bits per heavy atom. The molecule has 0 saturated carbocycles. The van der Waals surface area contributed by atoms with Crippen molar-refractivity contribution < 1.29 is 9.18 Å². The van der Waals surface area contributed by atoms with Crippen molar-refractivity contribution in [2.75, 3.05) is 25.0 Å². The molecule has 2 rings (SSSR count). The monoisotopic (exact) mass is 265 g/mol. The van der Waals surface area contributed by atoms with Crippen molar-refractivity contribution in [3.63, 3.8) is 0 Å². The second kappa shape index (κ2) is 6.52. The van der Waals surface area contributed by atoms with Gasteiger partial charge in [-0.1, -0.05) is 6.92 Å². The number of hydrogen-bond acceptors (Lipinski definition) is 2. The molecule has 19 heavy (non-hydrogen) atoms. The largest absolute Gasteiger partial charge is 0.338 e. The van der Waals surface area contributed by atoms with Crippen LogP contribution in [0.1, 0.15) is 13.3 Å². The van der Waals surface area contributed by atoms with Crippen LogP contribution in [0, 0.1) is 17.7 Å². The Morgan fingerprint density at radius 2 is 2.16 bits per heavy atom.